The predicted molar refractivity (Wildman–Crippen MR) is 110 cm³/mol. The summed E-state index contributed by atoms with van der Waals surface area (Å²) in [5, 5.41) is 2.97. The van der Waals surface area contributed by atoms with Crippen LogP contribution in [0.25, 0.3) is 5.70 Å². The molecule has 3 heteroatoms. The molecule has 0 radical (unpaired) electrons. The summed E-state index contributed by atoms with van der Waals surface area (Å²) in [5.41, 5.74) is 2.84. The second kappa shape index (κ2) is 9.36. The largest absolute Gasteiger partial charge is 0.388 e. The molecule has 2 nitrogen and oxygen atoms in total. The van der Waals surface area contributed by atoms with Crippen LogP contribution in [-0.2, 0) is 6.54 Å². The second-order valence-corrected chi connectivity index (χ2v) is 7.49. The maximum Gasteiger partial charge on any atom is 0.128 e. The zero-order chi connectivity index (χ0) is 19.2. The Bertz CT molecular complexity index is 627. The number of nitrogens with one attached hydrogen (secondary N) is 1. The van der Waals surface area contributed by atoms with Gasteiger partial charge in [0.25, 0.3) is 0 Å². The minimum Gasteiger partial charge on any atom is -0.388 e. The molecule has 2 aliphatic rings. The molecular weight excluding hydrogens is 323 g/mol. The quantitative estimate of drug-likeness (QED) is 0.704. The molecule has 144 valence electrons. The lowest BCUT2D eigenvalue weighted by Crippen LogP contribution is -2.43. The maximum atomic E-state index is 14.4. The Labute approximate surface area is 159 Å². The van der Waals surface area contributed by atoms with Crippen LogP contribution in [0.4, 0.5) is 4.39 Å². The van der Waals surface area contributed by atoms with E-state index in [1.807, 2.05) is 26.0 Å². The number of hydrogen-bond acceptors (Lipinski definition) is 2. The molecule has 0 aromatic heterocycles. The third-order valence-electron chi connectivity index (χ3n) is 6.18. The van der Waals surface area contributed by atoms with Crippen molar-refractivity contribution in [3.05, 3.63) is 53.9 Å². The highest BCUT2D eigenvalue weighted by molar-refractivity contribution is 5.61. The average molecular weight is 359 g/mol. The van der Waals surface area contributed by atoms with Crippen molar-refractivity contribution < 1.29 is 4.39 Å². The van der Waals surface area contributed by atoms with Gasteiger partial charge in [0.05, 0.1) is 0 Å². The first-order chi connectivity index (χ1) is 12.5. The molecule has 1 aliphatic carbocycles. The first-order valence-corrected chi connectivity index (χ1v) is 10.1. The Balaban J connectivity index is 0.00000117. The Morgan fingerprint density at radius 3 is 2.54 bits per heavy atom. The zero-order valence-electron chi connectivity index (χ0n) is 16.9. The Kier molecular flexibility index (Phi) is 7.45. The number of hydrogen-bond donors (Lipinski definition) is 1. The molecule has 1 aliphatic heterocycles. The summed E-state index contributed by atoms with van der Waals surface area (Å²) in [5.74, 6) is 0.645. The van der Waals surface area contributed by atoms with Gasteiger partial charge in [-0.3, -0.25) is 4.90 Å². The van der Waals surface area contributed by atoms with E-state index >= 15 is 0 Å². The van der Waals surface area contributed by atoms with E-state index in [0.29, 0.717) is 12.0 Å². The van der Waals surface area contributed by atoms with Gasteiger partial charge in [-0.05, 0) is 61.7 Å². The lowest BCUT2D eigenvalue weighted by atomic mass is 9.64. The smallest absolute Gasteiger partial charge is 0.128 e. The molecule has 0 saturated carbocycles. The molecule has 1 fully saturated rings. The summed E-state index contributed by atoms with van der Waals surface area (Å²) >= 11 is 0. The van der Waals surface area contributed by atoms with Crippen LogP contribution in [0.15, 0.2) is 36.9 Å². The van der Waals surface area contributed by atoms with E-state index in [4.69, 9.17) is 0 Å². The lowest BCUT2D eigenvalue weighted by Gasteiger charge is -2.46. The topological polar surface area (TPSA) is 15.3 Å². The predicted octanol–water partition coefficient (Wildman–Crippen LogP) is 5.61. The van der Waals surface area contributed by atoms with Crippen molar-refractivity contribution in [1.29, 1.82) is 0 Å². The van der Waals surface area contributed by atoms with Crippen LogP contribution >= 0.6 is 0 Å². The summed E-state index contributed by atoms with van der Waals surface area (Å²) in [7, 11) is 1.80. The molecule has 26 heavy (non-hydrogen) atoms. The van der Waals surface area contributed by atoms with Gasteiger partial charge in [-0.2, -0.15) is 0 Å². The molecule has 1 aromatic rings. The van der Waals surface area contributed by atoms with E-state index in [1.165, 1.54) is 25.7 Å². The van der Waals surface area contributed by atoms with E-state index in [1.54, 1.807) is 13.1 Å². The molecule has 1 spiro atoms. The second-order valence-electron chi connectivity index (χ2n) is 7.49. The SMILES string of the molecule is C=C(NC)c1ccc(CN2CCC3(CC=CCC3C)CC2)c(F)c1.CC. The van der Waals surface area contributed by atoms with Crippen molar-refractivity contribution >= 4 is 5.70 Å². The highest BCUT2D eigenvalue weighted by Gasteiger charge is 2.39. The summed E-state index contributed by atoms with van der Waals surface area (Å²) in [6.07, 6.45) is 9.59. The molecule has 1 N–H and O–H groups in total. The fraction of sp³-hybridized carbons (Fsp3) is 0.565. The summed E-state index contributed by atoms with van der Waals surface area (Å²) in [6.45, 7) is 13.1. The van der Waals surface area contributed by atoms with Crippen LogP contribution in [0.3, 0.4) is 0 Å². The molecule has 1 saturated heterocycles. The molecule has 1 unspecified atom stereocenters. The molecule has 0 bridgehead atoms. The Morgan fingerprint density at radius 1 is 1.27 bits per heavy atom. The van der Waals surface area contributed by atoms with Crippen molar-refractivity contribution in [3.8, 4) is 0 Å². The van der Waals surface area contributed by atoms with Crippen LogP contribution in [0, 0.1) is 17.2 Å². The van der Waals surface area contributed by atoms with E-state index in [0.717, 1.165) is 35.8 Å². The normalized spacial score (nSPS) is 21.8. The van der Waals surface area contributed by atoms with Crippen molar-refractivity contribution in [2.75, 3.05) is 20.1 Å². The zero-order valence-corrected chi connectivity index (χ0v) is 16.9. The van der Waals surface area contributed by atoms with Gasteiger partial charge in [0, 0.05) is 24.9 Å². The summed E-state index contributed by atoms with van der Waals surface area (Å²) < 4.78 is 14.4. The average Bonchev–Trinajstić information content (AvgIpc) is 2.68. The van der Waals surface area contributed by atoms with E-state index < -0.39 is 0 Å². The number of benzene rings is 1. The van der Waals surface area contributed by atoms with Gasteiger partial charge in [0.15, 0.2) is 0 Å². The van der Waals surface area contributed by atoms with Crippen LogP contribution < -0.4 is 5.32 Å². The van der Waals surface area contributed by atoms with E-state index in [-0.39, 0.29) is 5.82 Å². The monoisotopic (exact) mass is 358 g/mol. The molecule has 1 heterocycles. The van der Waals surface area contributed by atoms with Crippen LogP contribution in [0.1, 0.15) is 57.6 Å². The Hall–Kier alpha value is -1.61. The Morgan fingerprint density at radius 2 is 1.96 bits per heavy atom. The van der Waals surface area contributed by atoms with Crippen molar-refractivity contribution in [1.82, 2.24) is 10.2 Å². The fourth-order valence-electron chi connectivity index (χ4n) is 4.17. The fourth-order valence-corrected chi connectivity index (χ4v) is 4.17. The minimum absolute atomic E-state index is 0.127. The van der Waals surface area contributed by atoms with Crippen molar-refractivity contribution in [2.24, 2.45) is 11.3 Å². The third-order valence-corrected chi connectivity index (χ3v) is 6.18. The number of nitrogens with zero attached hydrogens (tertiary/aromatic N) is 1. The number of halogens is 1. The highest BCUT2D eigenvalue weighted by Crippen LogP contribution is 2.46. The highest BCUT2D eigenvalue weighted by atomic mass is 19.1. The van der Waals surface area contributed by atoms with E-state index in [2.05, 4.69) is 35.9 Å². The molecule has 1 atom stereocenters. The van der Waals surface area contributed by atoms with E-state index in [9.17, 15) is 4.39 Å². The lowest BCUT2D eigenvalue weighted by molar-refractivity contribution is 0.0492. The number of piperidine rings is 1. The molecule has 0 amide bonds. The van der Waals surface area contributed by atoms with Gasteiger partial charge in [-0.15, -0.1) is 0 Å². The number of likely N-dealkylation sites (tertiary alicyclic amines) is 1. The summed E-state index contributed by atoms with van der Waals surface area (Å²) in [6, 6.07) is 5.45. The van der Waals surface area contributed by atoms with Gasteiger partial charge >= 0.3 is 0 Å². The number of rotatable bonds is 4. The third kappa shape index (κ3) is 4.56. The van der Waals surface area contributed by atoms with Crippen LogP contribution in [0.2, 0.25) is 0 Å². The minimum atomic E-state index is -0.127. The first-order valence-electron chi connectivity index (χ1n) is 10.1. The molecule has 1 aromatic carbocycles. The van der Waals surface area contributed by atoms with Crippen LogP contribution in [-0.4, -0.2) is 25.0 Å². The van der Waals surface area contributed by atoms with Gasteiger partial charge in [-0.1, -0.05) is 51.6 Å². The van der Waals surface area contributed by atoms with Crippen LogP contribution in [0.5, 0.6) is 0 Å². The number of allylic oxidation sites excluding steroid dienone is 2. The summed E-state index contributed by atoms with van der Waals surface area (Å²) in [4.78, 5) is 2.40. The standard InChI is InChI=1S/C21H29FN2.C2H6/c1-16-6-4-5-9-21(16)10-12-24(13-11-21)15-19-8-7-18(14-20(19)22)17(2)23-3;1-2/h4-5,7-8,14,16,23H,2,6,9-13,15H2,1,3H3;1-2H3. The first kappa shape index (κ1) is 20.7. The van der Waals surface area contributed by atoms with Gasteiger partial charge < -0.3 is 5.32 Å². The maximum absolute atomic E-state index is 14.4. The molecular formula is C23H35FN2. The van der Waals surface area contributed by atoms with Crippen molar-refractivity contribution in [2.45, 2.75) is 53.0 Å². The van der Waals surface area contributed by atoms with Gasteiger partial charge in [0.2, 0.25) is 0 Å². The molecule has 3 rings (SSSR count). The van der Waals surface area contributed by atoms with Gasteiger partial charge in [0.1, 0.15) is 5.82 Å². The van der Waals surface area contributed by atoms with Gasteiger partial charge in [-0.25, -0.2) is 4.39 Å². The van der Waals surface area contributed by atoms with Crippen molar-refractivity contribution in [3.63, 3.8) is 0 Å².